The smallest absolute Gasteiger partial charge is 0.242 e. The Morgan fingerprint density at radius 1 is 1.00 bits per heavy atom. The summed E-state index contributed by atoms with van der Waals surface area (Å²) in [4.78, 5) is 32.3. The summed E-state index contributed by atoms with van der Waals surface area (Å²) in [7, 11) is 3.27. The first-order valence-corrected chi connectivity index (χ1v) is 16.0. The average Bonchev–Trinajstić information content (AvgIpc) is 3.78. The number of carbonyl (C=O) groups is 2. The Labute approximate surface area is 254 Å². The number of carbonyl (C=O) groups excluding carboxylic acids is 2. The molecule has 0 aliphatic carbocycles. The molecule has 1 saturated heterocycles. The summed E-state index contributed by atoms with van der Waals surface area (Å²) in [6.45, 7) is 5.53. The predicted molar refractivity (Wildman–Crippen MR) is 168 cm³/mol. The summed E-state index contributed by atoms with van der Waals surface area (Å²) in [5.41, 5.74) is 5.26. The second-order valence-corrected chi connectivity index (χ2v) is 12.6. The molecule has 8 nitrogen and oxygen atoms in total. The quantitative estimate of drug-likeness (QED) is 0.257. The largest absolute Gasteiger partial charge is 0.496 e. The van der Waals surface area contributed by atoms with Crippen LogP contribution in [0.15, 0.2) is 53.9 Å². The highest BCUT2D eigenvalue weighted by Crippen LogP contribution is 2.52. The molecule has 2 aromatic carbocycles. The number of thioether (sulfide) groups is 1. The topological polar surface area (TPSA) is 76.9 Å². The lowest BCUT2D eigenvalue weighted by Crippen LogP contribution is -2.43. The van der Waals surface area contributed by atoms with Gasteiger partial charge in [0.1, 0.15) is 29.6 Å². The number of fused-ring (bicyclic) bond motifs is 1. The lowest BCUT2D eigenvalue weighted by molar-refractivity contribution is -0.130. The molecule has 0 radical (unpaired) electrons. The van der Waals surface area contributed by atoms with E-state index in [2.05, 4.69) is 31.4 Å². The molecule has 10 heteroatoms. The molecule has 1 fully saturated rings. The second-order valence-electron chi connectivity index (χ2n) is 10.5. The molecule has 4 heterocycles. The van der Waals surface area contributed by atoms with Crippen LogP contribution < -0.4 is 14.4 Å². The van der Waals surface area contributed by atoms with Crippen LogP contribution in [0.5, 0.6) is 11.5 Å². The Morgan fingerprint density at radius 3 is 2.38 bits per heavy atom. The van der Waals surface area contributed by atoms with Crippen LogP contribution >= 0.6 is 23.1 Å². The van der Waals surface area contributed by atoms with Gasteiger partial charge in [-0.05, 0) is 67.5 Å². The summed E-state index contributed by atoms with van der Waals surface area (Å²) >= 11 is 3.21. The molecule has 4 aromatic rings. The minimum Gasteiger partial charge on any atom is -0.496 e. The van der Waals surface area contributed by atoms with E-state index in [0.29, 0.717) is 28.6 Å². The van der Waals surface area contributed by atoms with Gasteiger partial charge in [0.2, 0.25) is 11.8 Å². The number of methoxy groups -OCH3 is 2. The Morgan fingerprint density at radius 2 is 1.71 bits per heavy atom. The van der Waals surface area contributed by atoms with Gasteiger partial charge in [-0.2, -0.15) is 5.10 Å². The number of hydrogen-bond acceptors (Lipinski definition) is 7. The number of aryl methyl sites for hydroxylation is 1. The molecule has 2 aliphatic heterocycles. The van der Waals surface area contributed by atoms with Gasteiger partial charge in [-0.25, -0.2) is 4.68 Å². The monoisotopic (exact) mass is 602 g/mol. The van der Waals surface area contributed by atoms with E-state index < -0.39 is 0 Å². The zero-order valence-corrected chi connectivity index (χ0v) is 25.9. The molecule has 0 spiro atoms. The van der Waals surface area contributed by atoms with Crippen molar-refractivity contribution in [3.63, 3.8) is 0 Å². The normalized spacial score (nSPS) is 16.9. The van der Waals surface area contributed by atoms with Crippen molar-refractivity contribution in [3.05, 3.63) is 75.5 Å². The highest BCUT2D eigenvalue weighted by atomic mass is 32.2. The number of nitrogens with zero attached hydrogens (tertiary/aromatic N) is 4. The Kier molecular flexibility index (Phi) is 8.00. The van der Waals surface area contributed by atoms with Crippen molar-refractivity contribution >= 4 is 40.7 Å². The maximum absolute atomic E-state index is 14.0. The van der Waals surface area contributed by atoms with Gasteiger partial charge >= 0.3 is 0 Å². The standard InChI is InChI=1S/C32H34N4O4S2/c1-20-10-7-11-22(21(20)2)36-32-29(30(33-36)28-23(39-3)12-8-13-24(28)40-4)31(25-14-9-17-41-25)42-19-27(38)35(32)18-26(37)34-15-5-6-16-34/h7-14,17,31H,5-6,15-16,18-19H2,1-4H3/t31-/m0/s1. The third kappa shape index (κ3) is 4.96. The van der Waals surface area contributed by atoms with E-state index in [4.69, 9.17) is 14.6 Å². The molecular weight excluding hydrogens is 569 g/mol. The molecule has 6 rings (SSSR count). The van der Waals surface area contributed by atoms with E-state index in [1.807, 2.05) is 46.0 Å². The van der Waals surface area contributed by atoms with E-state index in [-0.39, 0.29) is 29.4 Å². The molecule has 0 unspecified atom stereocenters. The number of amides is 2. The maximum atomic E-state index is 14.0. The van der Waals surface area contributed by atoms with Gasteiger partial charge in [-0.3, -0.25) is 14.5 Å². The number of aromatic nitrogens is 2. The van der Waals surface area contributed by atoms with Crippen molar-refractivity contribution in [3.8, 4) is 28.4 Å². The second kappa shape index (κ2) is 11.9. The van der Waals surface area contributed by atoms with Crippen LogP contribution in [-0.4, -0.2) is 66.1 Å². The van der Waals surface area contributed by atoms with Gasteiger partial charge in [-0.1, -0.05) is 24.3 Å². The number of benzene rings is 2. The van der Waals surface area contributed by atoms with Crippen molar-refractivity contribution in [1.29, 1.82) is 0 Å². The van der Waals surface area contributed by atoms with Crippen molar-refractivity contribution in [2.45, 2.75) is 31.9 Å². The van der Waals surface area contributed by atoms with Gasteiger partial charge in [-0.15, -0.1) is 23.1 Å². The van der Waals surface area contributed by atoms with E-state index in [0.717, 1.165) is 53.2 Å². The van der Waals surface area contributed by atoms with Crippen molar-refractivity contribution in [2.24, 2.45) is 0 Å². The van der Waals surface area contributed by atoms with E-state index in [9.17, 15) is 9.59 Å². The summed E-state index contributed by atoms with van der Waals surface area (Å²) in [6, 6.07) is 15.9. The highest BCUT2D eigenvalue weighted by molar-refractivity contribution is 8.00. The van der Waals surface area contributed by atoms with Crippen molar-refractivity contribution < 1.29 is 19.1 Å². The molecule has 1 atom stereocenters. The van der Waals surface area contributed by atoms with E-state index in [1.54, 1.807) is 42.2 Å². The third-order valence-electron chi connectivity index (χ3n) is 8.11. The number of hydrogen-bond donors (Lipinski definition) is 0. The molecule has 2 aliphatic rings. The highest BCUT2D eigenvalue weighted by Gasteiger charge is 2.40. The van der Waals surface area contributed by atoms with Crippen LogP contribution in [0.4, 0.5) is 5.82 Å². The Bertz CT molecular complexity index is 1600. The summed E-state index contributed by atoms with van der Waals surface area (Å²) in [5.74, 6) is 1.93. The minimum absolute atomic E-state index is 0.0391. The average molecular weight is 603 g/mol. The first-order valence-electron chi connectivity index (χ1n) is 14.1. The van der Waals surface area contributed by atoms with Gasteiger partial charge in [0.05, 0.1) is 36.5 Å². The van der Waals surface area contributed by atoms with Crippen molar-refractivity contribution in [2.75, 3.05) is 44.5 Å². The molecule has 0 bridgehead atoms. The minimum atomic E-state index is -0.195. The van der Waals surface area contributed by atoms with Gasteiger partial charge < -0.3 is 14.4 Å². The van der Waals surface area contributed by atoms with E-state index >= 15 is 0 Å². The molecular formula is C32H34N4O4S2. The maximum Gasteiger partial charge on any atom is 0.242 e. The number of thiophene rings is 1. The molecule has 0 N–H and O–H groups in total. The van der Waals surface area contributed by atoms with Gasteiger partial charge in [0.15, 0.2) is 0 Å². The third-order valence-corrected chi connectivity index (χ3v) is 10.4. The van der Waals surface area contributed by atoms with Crippen molar-refractivity contribution in [1.82, 2.24) is 14.7 Å². The van der Waals surface area contributed by atoms with Crippen LogP contribution in [0.3, 0.4) is 0 Å². The summed E-state index contributed by atoms with van der Waals surface area (Å²) < 4.78 is 13.6. The van der Waals surface area contributed by atoms with Crippen LogP contribution in [0.2, 0.25) is 0 Å². The van der Waals surface area contributed by atoms with Crippen LogP contribution in [-0.2, 0) is 9.59 Å². The molecule has 2 amide bonds. The summed E-state index contributed by atoms with van der Waals surface area (Å²) in [5, 5.41) is 7.13. The van der Waals surface area contributed by atoms with Gasteiger partial charge in [0.25, 0.3) is 0 Å². The first-order chi connectivity index (χ1) is 20.4. The zero-order chi connectivity index (χ0) is 29.4. The van der Waals surface area contributed by atoms with E-state index in [1.165, 1.54) is 0 Å². The zero-order valence-electron chi connectivity index (χ0n) is 24.3. The fourth-order valence-electron chi connectivity index (χ4n) is 5.79. The Balaban J connectivity index is 1.68. The Hall–Kier alpha value is -3.76. The number of ether oxygens (including phenoxy) is 2. The van der Waals surface area contributed by atoms with Crippen LogP contribution in [0.25, 0.3) is 16.9 Å². The molecule has 0 saturated carbocycles. The molecule has 42 heavy (non-hydrogen) atoms. The fraction of sp³-hybridized carbons (Fsp3) is 0.344. The fourth-order valence-corrected chi connectivity index (χ4v) is 7.96. The summed E-state index contributed by atoms with van der Waals surface area (Å²) in [6.07, 6.45) is 1.97. The number of rotatable bonds is 7. The molecule has 218 valence electrons. The van der Waals surface area contributed by atoms with Gasteiger partial charge in [0, 0.05) is 23.5 Å². The lowest BCUT2D eigenvalue weighted by atomic mass is 10.0. The van der Waals surface area contributed by atoms with Crippen LogP contribution in [0.1, 0.15) is 39.7 Å². The van der Waals surface area contributed by atoms with Crippen LogP contribution in [0, 0.1) is 13.8 Å². The predicted octanol–water partition coefficient (Wildman–Crippen LogP) is 6.03. The number of likely N-dealkylation sites (tertiary alicyclic amines) is 1. The SMILES string of the molecule is COc1cccc(OC)c1-c1nn(-c2cccc(C)c2C)c2c1[C@H](c1cccs1)SCC(=O)N2CC(=O)N1CCCC1. The lowest BCUT2D eigenvalue weighted by Gasteiger charge is -2.26. The first kappa shape index (κ1) is 28.4. The number of anilines is 1. The molecule has 2 aromatic heterocycles.